The summed E-state index contributed by atoms with van der Waals surface area (Å²) < 4.78 is 39.2. The first-order chi connectivity index (χ1) is 8.40. The maximum absolute atomic E-state index is 12.7. The second-order valence-corrected chi connectivity index (χ2v) is 3.58. The number of aryl methyl sites for hydroxylation is 1. The summed E-state index contributed by atoms with van der Waals surface area (Å²) in [6.07, 6.45) is -2.98. The molecule has 2 rings (SSSR count). The molecule has 0 radical (unpaired) electrons. The Balaban J connectivity index is 2.54. The Morgan fingerprint density at radius 1 is 1.28 bits per heavy atom. The van der Waals surface area contributed by atoms with Gasteiger partial charge >= 0.3 is 6.18 Å². The van der Waals surface area contributed by atoms with E-state index < -0.39 is 11.9 Å². The average molecular weight is 257 g/mol. The smallest absolute Gasteiger partial charge is 0.357 e. The summed E-state index contributed by atoms with van der Waals surface area (Å²) in [5, 5.41) is 6.50. The summed E-state index contributed by atoms with van der Waals surface area (Å²) in [4.78, 5) is 7.29. The summed E-state index contributed by atoms with van der Waals surface area (Å²) in [6, 6.07) is 2.53. The lowest BCUT2D eigenvalue weighted by Gasteiger charge is -2.09. The zero-order valence-electron chi connectivity index (χ0n) is 9.65. The van der Waals surface area contributed by atoms with Crippen molar-refractivity contribution in [1.82, 2.24) is 19.7 Å². The van der Waals surface area contributed by atoms with Gasteiger partial charge in [-0.1, -0.05) is 0 Å². The summed E-state index contributed by atoms with van der Waals surface area (Å²) in [6.45, 7) is 1.74. The number of hydrogen-bond acceptors (Lipinski definition) is 4. The van der Waals surface area contributed by atoms with Crippen LogP contribution in [0.25, 0.3) is 5.82 Å². The van der Waals surface area contributed by atoms with Gasteiger partial charge in [0.05, 0.1) is 5.69 Å². The van der Waals surface area contributed by atoms with Gasteiger partial charge in [0.15, 0.2) is 11.5 Å². The van der Waals surface area contributed by atoms with Gasteiger partial charge in [0.25, 0.3) is 0 Å². The van der Waals surface area contributed by atoms with Gasteiger partial charge in [-0.15, -0.1) is 0 Å². The molecule has 0 aliphatic carbocycles. The van der Waals surface area contributed by atoms with Gasteiger partial charge in [0.1, 0.15) is 0 Å². The molecule has 0 saturated heterocycles. The topological polar surface area (TPSA) is 55.6 Å². The van der Waals surface area contributed by atoms with Gasteiger partial charge in [0.2, 0.25) is 5.95 Å². The highest BCUT2D eigenvalue weighted by atomic mass is 19.4. The SMILES string of the molecule is CNc1nc(-n2ccc(C)n2)cc(C(F)(F)F)n1. The fourth-order valence-corrected chi connectivity index (χ4v) is 1.35. The molecule has 0 bridgehead atoms. The molecule has 0 fully saturated rings. The van der Waals surface area contributed by atoms with Gasteiger partial charge in [-0.25, -0.2) is 9.67 Å². The Hall–Kier alpha value is -2.12. The van der Waals surface area contributed by atoms with Crippen LogP contribution in [0.2, 0.25) is 0 Å². The molecule has 2 heterocycles. The van der Waals surface area contributed by atoms with E-state index in [4.69, 9.17) is 0 Å². The van der Waals surface area contributed by atoms with Gasteiger partial charge in [0, 0.05) is 19.3 Å². The highest BCUT2D eigenvalue weighted by Crippen LogP contribution is 2.29. The van der Waals surface area contributed by atoms with Crippen LogP contribution in [0.3, 0.4) is 0 Å². The molecular formula is C10H10F3N5. The van der Waals surface area contributed by atoms with E-state index >= 15 is 0 Å². The fraction of sp³-hybridized carbons (Fsp3) is 0.300. The number of halogens is 3. The molecule has 0 spiro atoms. The molecule has 0 saturated carbocycles. The van der Waals surface area contributed by atoms with Crippen molar-refractivity contribution in [3.63, 3.8) is 0 Å². The lowest BCUT2D eigenvalue weighted by atomic mass is 10.4. The van der Waals surface area contributed by atoms with Gasteiger partial charge in [-0.05, 0) is 13.0 Å². The first kappa shape index (κ1) is 12.3. The van der Waals surface area contributed by atoms with Gasteiger partial charge < -0.3 is 5.32 Å². The van der Waals surface area contributed by atoms with E-state index in [1.165, 1.54) is 17.9 Å². The van der Waals surface area contributed by atoms with Gasteiger partial charge in [-0.3, -0.25) is 0 Å². The van der Waals surface area contributed by atoms with E-state index in [-0.39, 0.29) is 11.8 Å². The normalized spacial score (nSPS) is 11.6. The van der Waals surface area contributed by atoms with Crippen molar-refractivity contribution in [3.05, 3.63) is 29.7 Å². The highest BCUT2D eigenvalue weighted by molar-refractivity contribution is 5.35. The zero-order chi connectivity index (χ0) is 13.3. The van der Waals surface area contributed by atoms with Crippen LogP contribution in [0.4, 0.5) is 19.1 Å². The summed E-state index contributed by atoms with van der Waals surface area (Å²) in [7, 11) is 1.45. The standard InChI is InChI=1S/C10H10F3N5/c1-6-3-4-18(17-6)8-5-7(10(11,12)13)15-9(14-2)16-8/h3-5H,1-2H3,(H,14,15,16). The quantitative estimate of drug-likeness (QED) is 0.894. The predicted octanol–water partition coefficient (Wildman–Crippen LogP) is 2.03. The molecule has 96 valence electrons. The van der Waals surface area contributed by atoms with Crippen LogP contribution < -0.4 is 5.32 Å². The van der Waals surface area contributed by atoms with E-state index in [9.17, 15) is 13.2 Å². The van der Waals surface area contributed by atoms with Crippen LogP contribution in [0.1, 0.15) is 11.4 Å². The van der Waals surface area contributed by atoms with Crippen molar-refractivity contribution in [2.24, 2.45) is 0 Å². The lowest BCUT2D eigenvalue weighted by molar-refractivity contribution is -0.141. The number of rotatable bonds is 2. The number of anilines is 1. The maximum atomic E-state index is 12.7. The van der Waals surface area contributed by atoms with Crippen molar-refractivity contribution < 1.29 is 13.2 Å². The van der Waals surface area contributed by atoms with Gasteiger partial charge in [-0.2, -0.15) is 23.3 Å². The van der Waals surface area contributed by atoms with Crippen molar-refractivity contribution in [1.29, 1.82) is 0 Å². The summed E-state index contributed by atoms with van der Waals surface area (Å²) >= 11 is 0. The predicted molar refractivity (Wildman–Crippen MR) is 58.4 cm³/mol. The van der Waals surface area contributed by atoms with E-state index in [1.54, 1.807) is 13.0 Å². The summed E-state index contributed by atoms with van der Waals surface area (Å²) in [5.41, 5.74) is -0.321. The largest absolute Gasteiger partial charge is 0.433 e. The van der Waals surface area contributed by atoms with Crippen molar-refractivity contribution in [3.8, 4) is 5.82 Å². The lowest BCUT2D eigenvalue weighted by Crippen LogP contribution is -2.13. The summed E-state index contributed by atoms with van der Waals surface area (Å²) in [5.74, 6) is -0.0391. The second-order valence-electron chi connectivity index (χ2n) is 3.58. The molecule has 1 N–H and O–H groups in total. The van der Waals surface area contributed by atoms with Crippen LogP contribution in [0.15, 0.2) is 18.3 Å². The molecule has 0 unspecified atom stereocenters. The Morgan fingerprint density at radius 3 is 2.50 bits per heavy atom. The minimum atomic E-state index is -4.52. The first-order valence-corrected chi connectivity index (χ1v) is 5.07. The fourth-order valence-electron chi connectivity index (χ4n) is 1.35. The van der Waals surface area contributed by atoms with E-state index in [0.29, 0.717) is 5.69 Å². The molecule has 0 atom stereocenters. The van der Waals surface area contributed by atoms with E-state index in [0.717, 1.165) is 6.07 Å². The third-order valence-corrected chi connectivity index (χ3v) is 2.18. The van der Waals surface area contributed by atoms with Crippen LogP contribution in [-0.4, -0.2) is 26.8 Å². The minimum absolute atomic E-state index is 0.0646. The monoisotopic (exact) mass is 257 g/mol. The van der Waals surface area contributed by atoms with Crippen molar-refractivity contribution >= 4 is 5.95 Å². The molecule has 0 aromatic carbocycles. The molecule has 8 heteroatoms. The third kappa shape index (κ3) is 2.41. The molecule has 18 heavy (non-hydrogen) atoms. The number of alkyl halides is 3. The molecule has 2 aromatic heterocycles. The molecule has 2 aromatic rings. The Labute approximate surface area is 101 Å². The molecule has 0 aliphatic heterocycles. The van der Waals surface area contributed by atoms with Crippen LogP contribution in [-0.2, 0) is 6.18 Å². The van der Waals surface area contributed by atoms with Crippen molar-refractivity contribution in [2.75, 3.05) is 12.4 Å². The number of nitrogens with zero attached hydrogens (tertiary/aromatic N) is 4. The van der Waals surface area contributed by atoms with Crippen LogP contribution in [0, 0.1) is 6.92 Å². The van der Waals surface area contributed by atoms with E-state index in [1.807, 2.05) is 0 Å². The minimum Gasteiger partial charge on any atom is -0.357 e. The first-order valence-electron chi connectivity index (χ1n) is 5.07. The third-order valence-electron chi connectivity index (χ3n) is 2.18. The Bertz CT molecular complexity index is 561. The average Bonchev–Trinajstić information content (AvgIpc) is 2.74. The number of aromatic nitrogens is 4. The van der Waals surface area contributed by atoms with Crippen LogP contribution in [0.5, 0.6) is 0 Å². The number of hydrogen-bond donors (Lipinski definition) is 1. The molecule has 0 aliphatic rings. The molecule has 5 nitrogen and oxygen atoms in total. The number of nitrogens with one attached hydrogen (secondary N) is 1. The Morgan fingerprint density at radius 2 is 2.00 bits per heavy atom. The molecule has 0 amide bonds. The zero-order valence-corrected chi connectivity index (χ0v) is 9.65. The molecular weight excluding hydrogens is 247 g/mol. The maximum Gasteiger partial charge on any atom is 0.433 e. The Kier molecular flexibility index (Phi) is 2.93. The van der Waals surface area contributed by atoms with Crippen LogP contribution >= 0.6 is 0 Å². The van der Waals surface area contributed by atoms with Crippen molar-refractivity contribution in [2.45, 2.75) is 13.1 Å². The highest BCUT2D eigenvalue weighted by Gasteiger charge is 2.33. The second kappa shape index (κ2) is 4.28. The van der Waals surface area contributed by atoms with E-state index in [2.05, 4.69) is 20.4 Å².